The van der Waals surface area contributed by atoms with E-state index in [1.54, 1.807) is 31.6 Å². The van der Waals surface area contributed by atoms with Crippen LogP contribution in [-0.2, 0) is 6.54 Å². The molecule has 3 N–H and O–H groups in total. The van der Waals surface area contributed by atoms with Gasteiger partial charge < -0.3 is 9.30 Å². The minimum atomic E-state index is -0.440. The average Bonchev–Trinajstić information content (AvgIpc) is 3.10. The summed E-state index contributed by atoms with van der Waals surface area (Å²) in [6.45, 7) is 0.433. The second-order valence-corrected chi connectivity index (χ2v) is 6.80. The van der Waals surface area contributed by atoms with Gasteiger partial charge in [0.15, 0.2) is 0 Å². The van der Waals surface area contributed by atoms with E-state index >= 15 is 0 Å². The van der Waals surface area contributed by atoms with Crippen LogP contribution in [0.25, 0.3) is 22.2 Å². The maximum atomic E-state index is 11.8. The number of rotatable bonds is 5. The summed E-state index contributed by atoms with van der Waals surface area (Å²) < 4.78 is 7.45. The quantitative estimate of drug-likeness (QED) is 0.300. The van der Waals surface area contributed by atoms with Gasteiger partial charge in [0.05, 0.1) is 35.6 Å². The van der Waals surface area contributed by atoms with Crippen molar-refractivity contribution in [2.75, 3.05) is 7.11 Å². The second kappa shape index (κ2) is 7.90. The highest BCUT2D eigenvalue weighted by Gasteiger charge is 2.15. The van der Waals surface area contributed by atoms with Crippen molar-refractivity contribution in [3.05, 3.63) is 77.3 Å². The molecule has 8 heteroatoms. The highest BCUT2D eigenvalue weighted by Crippen LogP contribution is 2.35. The van der Waals surface area contributed by atoms with Crippen molar-refractivity contribution in [1.29, 1.82) is 0 Å². The van der Waals surface area contributed by atoms with Gasteiger partial charge in [-0.2, -0.15) is 0 Å². The number of pyridine rings is 2. The summed E-state index contributed by atoms with van der Waals surface area (Å²) in [5.74, 6) is 5.40. The Bertz CT molecular complexity index is 1190. The van der Waals surface area contributed by atoms with Gasteiger partial charge in [0, 0.05) is 23.3 Å². The molecule has 0 radical (unpaired) electrons. The Hall–Kier alpha value is -3.42. The molecule has 0 fully saturated rings. The number of carbonyl (C=O) groups excluding carboxylic acids is 1. The average molecular weight is 408 g/mol. The van der Waals surface area contributed by atoms with Crippen LogP contribution < -0.4 is 16.0 Å². The summed E-state index contributed by atoms with van der Waals surface area (Å²) >= 11 is 6.39. The van der Waals surface area contributed by atoms with Gasteiger partial charge in [0.2, 0.25) is 0 Å². The van der Waals surface area contributed by atoms with E-state index in [0.29, 0.717) is 23.0 Å². The monoisotopic (exact) mass is 407 g/mol. The minimum absolute atomic E-state index is 0.254. The molecule has 0 saturated carbocycles. The molecule has 3 heterocycles. The number of hydrazine groups is 1. The molecule has 0 atom stereocenters. The SMILES string of the molecule is COc1cc2cc(-c3cccnc3)n(Cc3cccc(C(=O)NN)n3)c2cc1Cl. The fraction of sp³-hybridized carbons (Fsp3) is 0.0952. The van der Waals surface area contributed by atoms with Crippen molar-refractivity contribution in [1.82, 2.24) is 20.0 Å². The molecule has 0 spiro atoms. The van der Waals surface area contributed by atoms with Crippen LogP contribution in [0.3, 0.4) is 0 Å². The van der Waals surface area contributed by atoms with Gasteiger partial charge in [-0.25, -0.2) is 10.8 Å². The normalized spacial score (nSPS) is 10.9. The first-order chi connectivity index (χ1) is 14.1. The van der Waals surface area contributed by atoms with E-state index in [9.17, 15) is 4.79 Å². The lowest BCUT2D eigenvalue weighted by Crippen LogP contribution is -2.30. The van der Waals surface area contributed by atoms with Crippen molar-refractivity contribution in [3.63, 3.8) is 0 Å². The Labute approximate surface area is 172 Å². The van der Waals surface area contributed by atoms with Gasteiger partial charge in [-0.3, -0.25) is 15.2 Å². The van der Waals surface area contributed by atoms with Crippen LogP contribution in [0, 0.1) is 0 Å². The Kier molecular flexibility index (Phi) is 5.16. The molecule has 0 bridgehead atoms. The van der Waals surface area contributed by atoms with Gasteiger partial charge >= 0.3 is 0 Å². The lowest BCUT2D eigenvalue weighted by atomic mass is 10.2. The molecule has 29 heavy (non-hydrogen) atoms. The number of amides is 1. The number of aromatic nitrogens is 3. The van der Waals surface area contributed by atoms with Crippen molar-refractivity contribution in [2.24, 2.45) is 5.84 Å². The summed E-state index contributed by atoms with van der Waals surface area (Å²) in [4.78, 5) is 20.5. The predicted molar refractivity (Wildman–Crippen MR) is 112 cm³/mol. The lowest BCUT2D eigenvalue weighted by Gasteiger charge is -2.12. The molecular weight excluding hydrogens is 390 g/mol. The van der Waals surface area contributed by atoms with Gasteiger partial charge in [-0.05, 0) is 42.5 Å². The number of nitrogens with one attached hydrogen (secondary N) is 1. The minimum Gasteiger partial charge on any atom is -0.495 e. The van der Waals surface area contributed by atoms with E-state index in [1.807, 2.05) is 30.3 Å². The molecule has 4 aromatic rings. The molecule has 0 unspecified atom stereocenters. The zero-order valence-corrected chi connectivity index (χ0v) is 16.3. The Morgan fingerprint density at radius 1 is 1.24 bits per heavy atom. The molecular formula is C21H18ClN5O2. The Morgan fingerprint density at radius 3 is 2.83 bits per heavy atom. The highest BCUT2D eigenvalue weighted by atomic mass is 35.5. The summed E-state index contributed by atoms with van der Waals surface area (Å²) in [5, 5.41) is 1.49. The molecule has 7 nitrogen and oxygen atoms in total. The Balaban J connectivity index is 1.88. The topological polar surface area (TPSA) is 95.1 Å². The number of halogens is 1. The molecule has 0 aliphatic rings. The molecule has 1 amide bonds. The number of carbonyl (C=O) groups is 1. The van der Waals surface area contributed by atoms with Gasteiger partial charge in [-0.1, -0.05) is 17.7 Å². The summed E-state index contributed by atoms with van der Waals surface area (Å²) in [5.41, 5.74) is 5.90. The number of benzene rings is 1. The van der Waals surface area contributed by atoms with Crippen molar-refractivity contribution in [2.45, 2.75) is 6.54 Å². The Morgan fingerprint density at radius 2 is 2.10 bits per heavy atom. The number of methoxy groups -OCH3 is 1. The fourth-order valence-electron chi connectivity index (χ4n) is 3.27. The lowest BCUT2D eigenvalue weighted by molar-refractivity contribution is 0.0948. The van der Waals surface area contributed by atoms with Gasteiger partial charge in [-0.15, -0.1) is 0 Å². The van der Waals surface area contributed by atoms with Crippen molar-refractivity contribution < 1.29 is 9.53 Å². The van der Waals surface area contributed by atoms with Crippen molar-refractivity contribution in [3.8, 4) is 17.0 Å². The maximum absolute atomic E-state index is 11.8. The molecule has 3 aromatic heterocycles. The van der Waals surface area contributed by atoms with E-state index in [4.69, 9.17) is 22.2 Å². The zero-order chi connectivity index (χ0) is 20.4. The maximum Gasteiger partial charge on any atom is 0.283 e. The molecule has 0 aliphatic carbocycles. The number of hydrogen-bond donors (Lipinski definition) is 2. The molecule has 0 aliphatic heterocycles. The predicted octanol–water partition coefficient (Wildman–Crippen LogP) is 3.41. The molecule has 4 rings (SSSR count). The third-order valence-electron chi connectivity index (χ3n) is 4.62. The first-order valence-corrected chi connectivity index (χ1v) is 9.22. The van der Waals surface area contributed by atoms with Crippen LogP contribution in [-0.4, -0.2) is 27.6 Å². The van der Waals surface area contributed by atoms with Crippen LogP contribution in [0.5, 0.6) is 5.75 Å². The number of nitrogens with two attached hydrogens (primary N) is 1. The number of hydrogen-bond acceptors (Lipinski definition) is 5. The molecule has 146 valence electrons. The smallest absolute Gasteiger partial charge is 0.283 e. The van der Waals surface area contributed by atoms with E-state index < -0.39 is 5.91 Å². The second-order valence-electron chi connectivity index (χ2n) is 6.39. The van der Waals surface area contributed by atoms with Gasteiger partial charge in [0.25, 0.3) is 5.91 Å². The van der Waals surface area contributed by atoms with Gasteiger partial charge in [0.1, 0.15) is 11.4 Å². The van der Waals surface area contributed by atoms with Crippen LogP contribution in [0.15, 0.2) is 60.9 Å². The highest BCUT2D eigenvalue weighted by molar-refractivity contribution is 6.32. The number of ether oxygens (including phenoxy) is 1. The van der Waals surface area contributed by atoms with E-state index in [-0.39, 0.29) is 5.69 Å². The van der Waals surface area contributed by atoms with Crippen LogP contribution in [0.2, 0.25) is 5.02 Å². The zero-order valence-electron chi connectivity index (χ0n) is 15.6. The van der Waals surface area contributed by atoms with Crippen LogP contribution >= 0.6 is 11.6 Å². The van der Waals surface area contributed by atoms with E-state index in [0.717, 1.165) is 22.2 Å². The van der Waals surface area contributed by atoms with Crippen LogP contribution in [0.4, 0.5) is 0 Å². The van der Waals surface area contributed by atoms with Crippen LogP contribution in [0.1, 0.15) is 16.2 Å². The van der Waals surface area contributed by atoms with E-state index in [2.05, 4.69) is 26.0 Å². The first kappa shape index (κ1) is 18.9. The third kappa shape index (κ3) is 3.65. The number of nitrogens with zero attached hydrogens (tertiary/aromatic N) is 3. The standard InChI is InChI=1S/C21H18ClN5O2/c1-29-20-9-14-8-18(13-4-3-7-24-11-13)27(19(14)10-16(20)22)12-15-5-2-6-17(25-15)21(28)26-23/h2-11H,12,23H2,1H3,(H,26,28). The summed E-state index contributed by atoms with van der Waals surface area (Å²) in [6, 6.07) is 14.9. The number of nitrogen functional groups attached to an aromatic ring is 1. The van der Waals surface area contributed by atoms with Crippen molar-refractivity contribution >= 4 is 28.4 Å². The largest absolute Gasteiger partial charge is 0.495 e. The first-order valence-electron chi connectivity index (χ1n) is 8.84. The fourth-order valence-corrected chi connectivity index (χ4v) is 3.51. The molecule has 0 saturated heterocycles. The third-order valence-corrected chi connectivity index (χ3v) is 4.92. The van der Waals surface area contributed by atoms with E-state index in [1.165, 1.54) is 0 Å². The molecule has 1 aromatic carbocycles. The summed E-state index contributed by atoms with van der Waals surface area (Å²) in [7, 11) is 1.59. The summed E-state index contributed by atoms with van der Waals surface area (Å²) in [6.07, 6.45) is 3.53. The number of fused-ring (bicyclic) bond motifs is 1.